The molecule has 0 rings (SSSR count). The van der Waals surface area contributed by atoms with E-state index in [2.05, 4.69) is 6.58 Å². The number of rotatable bonds is 6. The summed E-state index contributed by atoms with van der Waals surface area (Å²) in [6.45, 7) is 5.88. The molecule has 0 radical (unpaired) electrons. The Morgan fingerprint density at radius 3 is 2.67 bits per heavy atom. The zero-order valence-corrected chi connectivity index (χ0v) is 7.92. The molecule has 70 valence electrons. The monoisotopic (exact) mass is 170 g/mol. The molecule has 12 heavy (non-hydrogen) atoms. The number of allylic oxidation sites excluding steroid dienone is 2. The summed E-state index contributed by atoms with van der Waals surface area (Å²) in [5.74, 6) is 0. The quantitative estimate of drug-likeness (QED) is 0.487. The van der Waals surface area contributed by atoms with E-state index < -0.39 is 6.10 Å². The maximum Gasteiger partial charge on any atom is 0.0744 e. The van der Waals surface area contributed by atoms with Gasteiger partial charge in [-0.25, -0.2) is 0 Å². The summed E-state index contributed by atoms with van der Waals surface area (Å²) in [5.41, 5.74) is 0.944. The van der Waals surface area contributed by atoms with Gasteiger partial charge in [-0.1, -0.05) is 12.2 Å². The largest absolute Gasteiger partial charge is 0.389 e. The van der Waals surface area contributed by atoms with Crippen molar-refractivity contribution in [3.05, 3.63) is 24.3 Å². The molecule has 0 spiro atoms. The van der Waals surface area contributed by atoms with E-state index >= 15 is 0 Å². The Balaban J connectivity index is 3.89. The van der Waals surface area contributed by atoms with Gasteiger partial charge in [-0.3, -0.25) is 0 Å². The first-order valence-corrected chi connectivity index (χ1v) is 4.19. The number of aliphatic hydroxyl groups excluding tert-OH is 1. The van der Waals surface area contributed by atoms with E-state index in [1.54, 1.807) is 14.0 Å². The molecule has 0 saturated carbocycles. The van der Waals surface area contributed by atoms with Crippen LogP contribution in [0.15, 0.2) is 24.3 Å². The summed E-state index contributed by atoms with van der Waals surface area (Å²) in [6, 6.07) is 0. The van der Waals surface area contributed by atoms with Crippen molar-refractivity contribution in [1.82, 2.24) is 0 Å². The fraction of sp³-hybridized carbons (Fsp3) is 0.600. The van der Waals surface area contributed by atoms with Crippen LogP contribution < -0.4 is 0 Å². The highest BCUT2D eigenvalue weighted by Gasteiger charge is 2.02. The fourth-order valence-corrected chi connectivity index (χ4v) is 0.903. The lowest BCUT2D eigenvalue weighted by Crippen LogP contribution is -2.09. The van der Waals surface area contributed by atoms with Gasteiger partial charge >= 0.3 is 0 Å². The Labute approximate surface area is 74.6 Å². The molecule has 0 aromatic rings. The fourth-order valence-electron chi connectivity index (χ4n) is 0.903. The molecule has 2 nitrogen and oxygen atoms in total. The number of unbranched alkanes of at least 4 members (excludes halogenated alkanes) is 1. The third-order valence-electron chi connectivity index (χ3n) is 1.62. The Hall–Kier alpha value is -0.600. The van der Waals surface area contributed by atoms with Gasteiger partial charge in [-0.15, -0.1) is 6.58 Å². The normalized spacial score (nSPS) is 14.4. The molecule has 1 N–H and O–H groups in total. The van der Waals surface area contributed by atoms with Gasteiger partial charge in [-0.05, 0) is 25.3 Å². The van der Waals surface area contributed by atoms with Gasteiger partial charge in [0.2, 0.25) is 0 Å². The summed E-state index contributed by atoms with van der Waals surface area (Å²) in [7, 11) is 1.63. The first kappa shape index (κ1) is 11.4. The lowest BCUT2D eigenvalue weighted by Gasteiger charge is -2.08. The maximum absolute atomic E-state index is 9.27. The molecule has 0 aliphatic carbocycles. The molecule has 0 amide bonds. The molecular weight excluding hydrogens is 152 g/mol. The molecule has 0 aromatic heterocycles. The molecule has 0 heterocycles. The van der Waals surface area contributed by atoms with E-state index in [1.807, 2.05) is 12.2 Å². The van der Waals surface area contributed by atoms with Crippen molar-refractivity contribution < 1.29 is 9.84 Å². The second kappa shape index (κ2) is 7.07. The van der Waals surface area contributed by atoms with E-state index in [1.165, 1.54) is 0 Å². The maximum atomic E-state index is 9.27. The Kier molecular flexibility index (Phi) is 6.72. The van der Waals surface area contributed by atoms with E-state index in [0.717, 1.165) is 18.4 Å². The van der Waals surface area contributed by atoms with E-state index in [-0.39, 0.29) is 0 Å². The summed E-state index contributed by atoms with van der Waals surface area (Å²) in [4.78, 5) is 0. The molecule has 1 unspecified atom stereocenters. The van der Waals surface area contributed by atoms with Crippen LogP contribution in [0.2, 0.25) is 0 Å². The first-order valence-electron chi connectivity index (χ1n) is 4.19. The summed E-state index contributed by atoms with van der Waals surface area (Å²) < 4.78 is 4.94. The molecule has 0 aliphatic heterocycles. The van der Waals surface area contributed by atoms with Gasteiger partial charge in [0.15, 0.2) is 0 Å². The van der Waals surface area contributed by atoms with E-state index in [9.17, 15) is 5.11 Å². The standard InChI is InChI=1S/C10H18O2/c1-4-5-6-7-10(8-12-3)9(2)11/h4,7,9,11H,1,5-6,8H2,2-3H3. The van der Waals surface area contributed by atoms with Crippen molar-refractivity contribution in [1.29, 1.82) is 0 Å². The van der Waals surface area contributed by atoms with Crippen LogP contribution in [-0.4, -0.2) is 24.9 Å². The van der Waals surface area contributed by atoms with Crippen LogP contribution in [-0.2, 0) is 4.74 Å². The number of hydrogen-bond donors (Lipinski definition) is 1. The first-order chi connectivity index (χ1) is 5.72. The third-order valence-corrected chi connectivity index (χ3v) is 1.62. The average Bonchev–Trinajstić information content (AvgIpc) is 2.03. The lowest BCUT2D eigenvalue weighted by atomic mass is 10.1. The SMILES string of the molecule is C=CCCC=C(COC)C(C)O. The minimum absolute atomic E-state index is 0.408. The second-order valence-electron chi connectivity index (χ2n) is 2.75. The molecule has 2 heteroatoms. The van der Waals surface area contributed by atoms with Gasteiger partial charge in [0.05, 0.1) is 12.7 Å². The van der Waals surface area contributed by atoms with Gasteiger partial charge in [0.25, 0.3) is 0 Å². The molecular formula is C10H18O2. The predicted octanol–water partition coefficient (Wildman–Crippen LogP) is 1.91. The molecule has 0 aliphatic rings. The van der Waals surface area contributed by atoms with Crippen molar-refractivity contribution >= 4 is 0 Å². The minimum Gasteiger partial charge on any atom is -0.389 e. The lowest BCUT2D eigenvalue weighted by molar-refractivity contribution is 0.173. The molecule has 0 fully saturated rings. The van der Waals surface area contributed by atoms with Crippen LogP contribution in [0.3, 0.4) is 0 Å². The molecule has 0 saturated heterocycles. The Morgan fingerprint density at radius 1 is 1.58 bits per heavy atom. The van der Waals surface area contributed by atoms with Crippen molar-refractivity contribution in [2.75, 3.05) is 13.7 Å². The Bertz CT molecular complexity index is 148. The minimum atomic E-state index is -0.408. The highest BCUT2D eigenvalue weighted by molar-refractivity contribution is 5.07. The summed E-state index contributed by atoms with van der Waals surface area (Å²) >= 11 is 0. The molecule has 0 aromatic carbocycles. The third kappa shape index (κ3) is 5.10. The van der Waals surface area contributed by atoms with Gasteiger partial charge < -0.3 is 9.84 Å². The number of ether oxygens (including phenoxy) is 1. The van der Waals surface area contributed by atoms with Crippen LogP contribution in [0.1, 0.15) is 19.8 Å². The van der Waals surface area contributed by atoms with Crippen molar-refractivity contribution in [2.45, 2.75) is 25.9 Å². The number of aliphatic hydroxyl groups is 1. The average molecular weight is 170 g/mol. The van der Waals surface area contributed by atoms with Crippen LogP contribution in [0.25, 0.3) is 0 Å². The van der Waals surface area contributed by atoms with Crippen molar-refractivity contribution in [3.8, 4) is 0 Å². The van der Waals surface area contributed by atoms with E-state index in [4.69, 9.17) is 4.74 Å². The predicted molar refractivity (Wildman–Crippen MR) is 51.1 cm³/mol. The zero-order valence-electron chi connectivity index (χ0n) is 7.92. The topological polar surface area (TPSA) is 29.5 Å². The smallest absolute Gasteiger partial charge is 0.0744 e. The molecule has 1 atom stereocenters. The van der Waals surface area contributed by atoms with Crippen LogP contribution in [0.5, 0.6) is 0 Å². The van der Waals surface area contributed by atoms with Crippen molar-refractivity contribution in [2.24, 2.45) is 0 Å². The number of hydrogen-bond acceptors (Lipinski definition) is 2. The van der Waals surface area contributed by atoms with Crippen LogP contribution >= 0.6 is 0 Å². The van der Waals surface area contributed by atoms with Crippen LogP contribution in [0, 0.1) is 0 Å². The molecule has 0 bridgehead atoms. The van der Waals surface area contributed by atoms with Crippen molar-refractivity contribution in [3.63, 3.8) is 0 Å². The van der Waals surface area contributed by atoms with Gasteiger partial charge in [0.1, 0.15) is 0 Å². The number of methoxy groups -OCH3 is 1. The Morgan fingerprint density at radius 2 is 2.25 bits per heavy atom. The van der Waals surface area contributed by atoms with Gasteiger partial charge in [0, 0.05) is 7.11 Å². The van der Waals surface area contributed by atoms with Crippen LogP contribution in [0.4, 0.5) is 0 Å². The highest BCUT2D eigenvalue weighted by atomic mass is 16.5. The van der Waals surface area contributed by atoms with Gasteiger partial charge in [-0.2, -0.15) is 0 Å². The zero-order chi connectivity index (χ0) is 9.40. The highest BCUT2D eigenvalue weighted by Crippen LogP contribution is 2.05. The second-order valence-corrected chi connectivity index (χ2v) is 2.75. The summed E-state index contributed by atoms with van der Waals surface area (Å²) in [5, 5.41) is 9.27. The van der Waals surface area contributed by atoms with E-state index in [0.29, 0.717) is 6.61 Å². The summed E-state index contributed by atoms with van der Waals surface area (Å²) in [6.07, 6.45) is 5.33.